The Morgan fingerprint density at radius 1 is 1.33 bits per heavy atom. The smallest absolute Gasteiger partial charge is 0.352 e. The first-order valence-electron chi connectivity index (χ1n) is 9.87. The van der Waals surface area contributed by atoms with Crippen molar-refractivity contribution in [3.8, 4) is 5.75 Å². The predicted octanol–water partition coefficient (Wildman–Crippen LogP) is 1.60. The number of nitrogens with zero attached hydrogens (tertiary/aromatic N) is 3. The quantitative estimate of drug-likeness (QED) is 0.367. The molecule has 0 radical (unpaired) electrons. The number of amides is 3. The van der Waals surface area contributed by atoms with Crippen LogP contribution < -0.4 is 15.4 Å². The Bertz CT molecular complexity index is 1100. The summed E-state index contributed by atoms with van der Waals surface area (Å²) in [5.41, 5.74) is 1.40. The Kier molecular flexibility index (Phi) is 6.79. The minimum atomic E-state index is -1.19. The molecule has 1 saturated heterocycles. The zero-order valence-electron chi connectivity index (χ0n) is 17.7. The van der Waals surface area contributed by atoms with Crippen molar-refractivity contribution in [1.82, 2.24) is 25.7 Å². The van der Waals surface area contributed by atoms with Crippen LogP contribution in [0, 0.1) is 6.92 Å². The molecule has 2 aliphatic rings. The molecule has 3 heterocycles. The lowest BCUT2D eigenvalue weighted by molar-refractivity contribution is -0.148. The number of hydrogen-bond acceptors (Lipinski definition) is 9. The van der Waals surface area contributed by atoms with Crippen molar-refractivity contribution in [2.45, 2.75) is 30.1 Å². The maximum Gasteiger partial charge on any atom is 0.352 e. The summed E-state index contributed by atoms with van der Waals surface area (Å²) in [6, 6.07) is 5.93. The van der Waals surface area contributed by atoms with Crippen molar-refractivity contribution in [2.24, 2.45) is 0 Å². The number of ether oxygens (including phenoxy) is 1. The van der Waals surface area contributed by atoms with Gasteiger partial charge in [-0.3, -0.25) is 9.69 Å². The average Bonchev–Trinajstić information content (AvgIpc) is 3.24. The summed E-state index contributed by atoms with van der Waals surface area (Å²) in [4.78, 5) is 38.2. The van der Waals surface area contributed by atoms with E-state index in [9.17, 15) is 19.5 Å². The maximum absolute atomic E-state index is 12.7. The van der Waals surface area contributed by atoms with Gasteiger partial charge in [0.15, 0.2) is 0 Å². The Labute approximate surface area is 197 Å². The predicted molar refractivity (Wildman–Crippen MR) is 120 cm³/mol. The molecule has 3 amide bonds. The third-order valence-corrected chi connectivity index (χ3v) is 7.27. The first kappa shape index (κ1) is 23.0. The third-order valence-electron chi connectivity index (χ3n) is 5.03. The van der Waals surface area contributed by atoms with Gasteiger partial charge in [-0.25, -0.2) is 9.59 Å². The molecule has 174 valence electrons. The molecular formula is C20H21N5O6S2. The van der Waals surface area contributed by atoms with Crippen LogP contribution in [0.4, 0.5) is 4.79 Å². The molecule has 1 aromatic carbocycles. The van der Waals surface area contributed by atoms with Gasteiger partial charge in [-0.1, -0.05) is 23.9 Å². The first-order chi connectivity index (χ1) is 15.9. The number of carboxylic acid groups (broad SMARTS) is 1. The molecule has 3 N–H and O–H groups in total. The molecule has 11 nitrogen and oxygen atoms in total. The van der Waals surface area contributed by atoms with Crippen LogP contribution in [-0.2, 0) is 16.1 Å². The summed E-state index contributed by atoms with van der Waals surface area (Å²) in [5, 5.41) is 22.6. The van der Waals surface area contributed by atoms with Gasteiger partial charge >= 0.3 is 12.0 Å². The lowest BCUT2D eigenvalue weighted by Gasteiger charge is -2.49. The number of carboxylic acids is 1. The number of carbonyl (C=O) groups excluding carboxylic acids is 2. The highest BCUT2D eigenvalue weighted by atomic mass is 32.2. The van der Waals surface area contributed by atoms with Gasteiger partial charge in [0, 0.05) is 25.0 Å². The fraction of sp³-hybridized carbons (Fsp3) is 0.350. The molecule has 1 aromatic heterocycles. The number of carbonyl (C=O) groups is 3. The Morgan fingerprint density at radius 3 is 2.73 bits per heavy atom. The lowest BCUT2D eigenvalue weighted by Crippen LogP contribution is -2.71. The van der Waals surface area contributed by atoms with Crippen LogP contribution >= 0.6 is 23.5 Å². The highest BCUT2D eigenvalue weighted by Gasteiger charge is 2.54. The number of fused-ring (bicyclic) bond motifs is 1. The van der Waals surface area contributed by atoms with Crippen molar-refractivity contribution in [2.75, 3.05) is 18.6 Å². The number of nitrogens with one attached hydrogen (secondary N) is 2. The second-order valence-corrected chi connectivity index (χ2v) is 9.23. The van der Waals surface area contributed by atoms with E-state index < -0.39 is 29.3 Å². The highest BCUT2D eigenvalue weighted by molar-refractivity contribution is 8.01. The summed E-state index contributed by atoms with van der Waals surface area (Å²) in [7, 11) is 1.57. The Morgan fingerprint density at radius 2 is 2.09 bits per heavy atom. The molecule has 2 atom stereocenters. The number of aryl methyl sites for hydroxylation is 1. The van der Waals surface area contributed by atoms with Gasteiger partial charge in [0.25, 0.3) is 11.1 Å². The van der Waals surface area contributed by atoms with Crippen LogP contribution in [0.15, 0.2) is 45.2 Å². The molecule has 0 saturated carbocycles. The topological polar surface area (TPSA) is 147 Å². The van der Waals surface area contributed by atoms with E-state index in [4.69, 9.17) is 9.15 Å². The highest BCUT2D eigenvalue weighted by Crippen LogP contribution is 2.41. The van der Waals surface area contributed by atoms with Crippen LogP contribution in [0.5, 0.6) is 5.75 Å². The molecule has 33 heavy (non-hydrogen) atoms. The molecule has 1 unspecified atom stereocenters. The van der Waals surface area contributed by atoms with Crippen LogP contribution in [0.1, 0.15) is 11.5 Å². The van der Waals surface area contributed by atoms with Gasteiger partial charge in [0.05, 0.1) is 7.11 Å². The zero-order valence-corrected chi connectivity index (χ0v) is 19.4. The normalized spacial score (nSPS) is 19.6. The molecule has 0 bridgehead atoms. The number of β-lactam (4-membered cyclic amide) rings is 1. The summed E-state index contributed by atoms with van der Waals surface area (Å²) in [6.07, 6.45) is 0. The SMILES string of the molecule is COc1ccc(CNC(=O)NC2C(=O)N3C(C(=O)O)=C(CSc4nnc(C)o4)CS[C@H]23)cc1. The molecule has 4 rings (SSSR count). The molecule has 1 fully saturated rings. The number of aliphatic carboxylic acids is 1. The van der Waals surface area contributed by atoms with Crippen LogP contribution in [0.25, 0.3) is 0 Å². The minimum Gasteiger partial charge on any atom is -0.497 e. The van der Waals surface area contributed by atoms with Gasteiger partial charge in [-0.05, 0) is 23.3 Å². The summed E-state index contributed by atoms with van der Waals surface area (Å²) < 4.78 is 10.4. The first-order valence-corrected chi connectivity index (χ1v) is 11.9. The van der Waals surface area contributed by atoms with E-state index in [2.05, 4.69) is 20.8 Å². The second-order valence-electron chi connectivity index (χ2n) is 7.20. The van der Waals surface area contributed by atoms with Crippen molar-refractivity contribution in [1.29, 1.82) is 0 Å². The lowest BCUT2D eigenvalue weighted by atomic mass is 10.0. The monoisotopic (exact) mass is 491 g/mol. The van der Waals surface area contributed by atoms with Crippen molar-refractivity contribution < 1.29 is 28.6 Å². The molecule has 13 heteroatoms. The maximum atomic E-state index is 12.7. The van der Waals surface area contributed by atoms with E-state index in [0.29, 0.717) is 33.9 Å². The minimum absolute atomic E-state index is 0.0517. The van der Waals surface area contributed by atoms with Crippen molar-refractivity contribution in [3.05, 3.63) is 47.0 Å². The zero-order chi connectivity index (χ0) is 23.5. The van der Waals surface area contributed by atoms with E-state index in [0.717, 1.165) is 5.56 Å². The summed E-state index contributed by atoms with van der Waals surface area (Å²) >= 11 is 2.62. The number of benzene rings is 1. The number of rotatable bonds is 8. The van der Waals surface area contributed by atoms with E-state index in [1.165, 1.54) is 28.4 Å². The molecule has 0 aliphatic carbocycles. The Balaban J connectivity index is 1.35. The second kappa shape index (κ2) is 9.75. The fourth-order valence-electron chi connectivity index (χ4n) is 3.40. The number of aromatic nitrogens is 2. The molecule has 2 aliphatic heterocycles. The van der Waals surface area contributed by atoms with Crippen LogP contribution in [0.3, 0.4) is 0 Å². The van der Waals surface area contributed by atoms with Crippen molar-refractivity contribution in [3.63, 3.8) is 0 Å². The van der Waals surface area contributed by atoms with E-state index >= 15 is 0 Å². The number of methoxy groups -OCH3 is 1. The van der Waals surface area contributed by atoms with Gasteiger partial charge in [0.2, 0.25) is 5.89 Å². The van der Waals surface area contributed by atoms with Crippen molar-refractivity contribution >= 4 is 41.4 Å². The standard InChI is InChI=1S/C20H21N5O6S2/c1-10-23-24-20(31-10)33-9-12-8-32-17-14(16(26)25(17)15(12)18(27)28)22-19(29)21-7-11-3-5-13(30-2)6-4-11/h3-6,14,17H,7-9H2,1-2H3,(H,27,28)(H2,21,22,29)/t14?,17-/m1/s1. The Hall–Kier alpha value is -3.19. The molecule has 0 spiro atoms. The average molecular weight is 492 g/mol. The summed E-state index contributed by atoms with van der Waals surface area (Å²) in [5.74, 6) is 0.188. The van der Waals surface area contributed by atoms with Gasteiger partial charge in [-0.15, -0.1) is 22.0 Å². The fourth-order valence-corrected chi connectivity index (χ4v) is 5.69. The van der Waals surface area contributed by atoms with Crippen LogP contribution in [0.2, 0.25) is 0 Å². The van der Waals surface area contributed by atoms with Gasteiger partial charge < -0.3 is 24.9 Å². The molecule has 2 aromatic rings. The van der Waals surface area contributed by atoms with Gasteiger partial charge in [-0.2, -0.15) is 0 Å². The molecular weight excluding hydrogens is 470 g/mol. The van der Waals surface area contributed by atoms with E-state index in [1.54, 1.807) is 26.2 Å². The summed E-state index contributed by atoms with van der Waals surface area (Å²) in [6.45, 7) is 1.94. The largest absolute Gasteiger partial charge is 0.497 e. The van der Waals surface area contributed by atoms with Crippen LogP contribution in [-0.4, -0.2) is 68.1 Å². The van der Waals surface area contributed by atoms with E-state index in [-0.39, 0.29) is 12.2 Å². The number of thioether (sulfide) groups is 2. The third kappa shape index (κ3) is 4.93. The number of hydrogen-bond donors (Lipinski definition) is 3. The van der Waals surface area contributed by atoms with E-state index in [1.807, 2.05) is 12.1 Å². The number of urea groups is 1. The van der Waals surface area contributed by atoms with Gasteiger partial charge in [0.1, 0.15) is 22.9 Å².